The predicted molar refractivity (Wildman–Crippen MR) is 230 cm³/mol. The summed E-state index contributed by atoms with van der Waals surface area (Å²) in [6, 6.07) is 22.2. The van der Waals surface area contributed by atoms with E-state index in [2.05, 4.69) is 30.4 Å². The lowest BCUT2D eigenvalue weighted by molar-refractivity contribution is -0.132. The average Bonchev–Trinajstić information content (AvgIpc) is 3.82. The van der Waals surface area contributed by atoms with Crippen molar-refractivity contribution in [2.24, 2.45) is 5.92 Å². The van der Waals surface area contributed by atoms with E-state index in [4.69, 9.17) is 15.6 Å². The minimum Gasteiger partial charge on any atom is -0.393 e. The number of rotatable bonds is 13. The number of benzene rings is 2. The number of nitrogens with one attached hydrogen (secondary N) is 2. The molecule has 4 heterocycles. The Morgan fingerprint density at radius 2 is 1.78 bits per heavy atom. The van der Waals surface area contributed by atoms with Gasteiger partial charge in [-0.05, 0) is 68.0 Å². The van der Waals surface area contributed by atoms with Crippen molar-refractivity contribution < 1.29 is 29.6 Å². The highest BCUT2D eigenvalue weighted by molar-refractivity contribution is 8.00. The first-order valence-corrected chi connectivity index (χ1v) is 21.5. The van der Waals surface area contributed by atoms with Gasteiger partial charge in [-0.1, -0.05) is 60.7 Å². The van der Waals surface area contributed by atoms with Gasteiger partial charge in [0.1, 0.15) is 23.5 Å². The largest absolute Gasteiger partial charge is 0.393 e. The van der Waals surface area contributed by atoms with Gasteiger partial charge < -0.3 is 36.4 Å². The van der Waals surface area contributed by atoms with Gasteiger partial charge in [-0.3, -0.25) is 28.9 Å². The third kappa shape index (κ3) is 12.4. The maximum atomic E-state index is 13.8. The fraction of sp³-hybridized carbons (Fsp3) is 0.477. The molecule has 7 rings (SSSR count). The predicted octanol–water partition coefficient (Wildman–Crippen LogP) is 2.27. The molecule has 2 aromatic heterocycles. The molecule has 0 unspecified atom stereocenters. The number of piperazine rings is 1. The van der Waals surface area contributed by atoms with E-state index in [1.54, 1.807) is 18.5 Å². The van der Waals surface area contributed by atoms with E-state index in [1.165, 1.54) is 16.3 Å². The summed E-state index contributed by atoms with van der Waals surface area (Å²) in [5.41, 5.74) is 8.35. The van der Waals surface area contributed by atoms with Gasteiger partial charge in [-0.15, -0.1) is 11.8 Å². The molecule has 7 atom stereocenters. The number of anilines is 1. The number of thioether (sulfide) groups is 1. The summed E-state index contributed by atoms with van der Waals surface area (Å²) in [6.07, 6.45) is 4.44. The molecule has 2 amide bonds. The number of ether oxygens (including phenoxy) is 1. The molecule has 1 aliphatic carbocycles. The Hall–Kier alpha value is -4.68. The Bertz CT molecular complexity index is 2070. The van der Waals surface area contributed by atoms with Crippen LogP contribution in [0.3, 0.4) is 0 Å². The van der Waals surface area contributed by atoms with Crippen LogP contribution >= 0.6 is 11.8 Å². The second-order valence-electron chi connectivity index (χ2n) is 16.7. The van der Waals surface area contributed by atoms with Gasteiger partial charge in [0.15, 0.2) is 0 Å². The molecule has 0 spiro atoms. The summed E-state index contributed by atoms with van der Waals surface area (Å²) in [7, 11) is 0. The van der Waals surface area contributed by atoms with Crippen molar-refractivity contribution in [1.29, 1.82) is 0 Å². The van der Waals surface area contributed by atoms with Gasteiger partial charge in [-0.2, -0.15) is 4.98 Å². The van der Waals surface area contributed by atoms with Gasteiger partial charge in [0.05, 0.1) is 24.9 Å². The number of pyridine rings is 1. The lowest BCUT2D eigenvalue weighted by Crippen LogP contribution is -2.61. The Morgan fingerprint density at radius 1 is 1.03 bits per heavy atom. The van der Waals surface area contributed by atoms with Crippen LogP contribution in [0.25, 0.3) is 0 Å². The maximum Gasteiger partial charge on any atom is 0.351 e. The zero-order valence-corrected chi connectivity index (χ0v) is 35.3. The molecule has 0 radical (unpaired) electrons. The van der Waals surface area contributed by atoms with Crippen molar-refractivity contribution in [1.82, 2.24) is 35.0 Å². The Kier molecular flexibility index (Phi) is 15.5. The lowest BCUT2D eigenvalue weighted by Gasteiger charge is -2.42. The number of nitrogens with zero attached hydrogens (tertiary/aromatic N) is 5. The fourth-order valence-electron chi connectivity index (χ4n) is 7.90. The van der Waals surface area contributed by atoms with Crippen LogP contribution in [-0.4, -0.2) is 119 Å². The quantitative estimate of drug-likeness (QED) is 0.114. The topological polar surface area (TPSA) is 208 Å². The van der Waals surface area contributed by atoms with E-state index in [-0.39, 0.29) is 48.9 Å². The van der Waals surface area contributed by atoms with Crippen molar-refractivity contribution in [3.05, 3.63) is 124 Å². The second kappa shape index (κ2) is 20.7. The molecule has 7 N–H and O–H groups in total. The van der Waals surface area contributed by atoms with Gasteiger partial charge in [0, 0.05) is 74.9 Å². The molecule has 15 nitrogen and oxygen atoms in total. The third-order valence-electron chi connectivity index (χ3n) is 10.7. The van der Waals surface area contributed by atoms with Crippen LogP contribution in [0.4, 0.5) is 5.82 Å². The third-order valence-corrected chi connectivity index (χ3v) is 11.9. The van der Waals surface area contributed by atoms with Crippen LogP contribution in [0.15, 0.2) is 96.2 Å². The molecule has 4 aromatic rings. The van der Waals surface area contributed by atoms with Crippen molar-refractivity contribution >= 4 is 29.4 Å². The van der Waals surface area contributed by atoms with Crippen molar-refractivity contribution in [3.8, 4) is 0 Å². The molecule has 60 heavy (non-hydrogen) atoms. The number of nitrogens with two attached hydrogens (primary N) is 1. The number of hydrogen-bond donors (Lipinski definition) is 6. The van der Waals surface area contributed by atoms with E-state index in [1.807, 2.05) is 93.7 Å². The SMILES string of the molecule is CC(C)(C)NC(=O)[C@@H]1CN(Cc2cccnc2)CCN1C[C@@H](O)C[C@H](Cc1ccccc1)C(=O)N[C@H]1c2ccccc2C[C@H]1O.Nc1ccn([C@@H]2CS[C@@H](CO)O2)c(=O)n1. The van der Waals surface area contributed by atoms with Gasteiger partial charge >= 0.3 is 5.69 Å². The summed E-state index contributed by atoms with van der Waals surface area (Å²) >= 11 is 1.47. The first kappa shape index (κ1) is 44.9. The highest BCUT2D eigenvalue weighted by Gasteiger charge is 2.37. The van der Waals surface area contributed by atoms with E-state index >= 15 is 0 Å². The maximum absolute atomic E-state index is 13.8. The molecule has 0 bridgehead atoms. The van der Waals surface area contributed by atoms with Gasteiger partial charge in [0.25, 0.3) is 0 Å². The zero-order valence-electron chi connectivity index (χ0n) is 34.5. The van der Waals surface area contributed by atoms with Crippen molar-refractivity contribution in [3.63, 3.8) is 0 Å². The number of aliphatic hydroxyl groups excluding tert-OH is 3. The van der Waals surface area contributed by atoms with Crippen LogP contribution in [-0.2, 0) is 33.7 Å². The molecule has 322 valence electrons. The summed E-state index contributed by atoms with van der Waals surface area (Å²) in [5.74, 6) is 0.0354. The molecule has 3 aliphatic rings. The first-order chi connectivity index (χ1) is 28.8. The Labute approximate surface area is 355 Å². The van der Waals surface area contributed by atoms with Crippen LogP contribution in [0, 0.1) is 5.92 Å². The smallest absolute Gasteiger partial charge is 0.351 e. The number of nitrogen functional groups attached to an aromatic ring is 1. The van der Waals surface area contributed by atoms with Crippen LogP contribution < -0.4 is 22.1 Å². The van der Waals surface area contributed by atoms with Crippen LogP contribution in [0.5, 0.6) is 0 Å². The summed E-state index contributed by atoms with van der Waals surface area (Å²) in [4.78, 5) is 50.9. The van der Waals surface area contributed by atoms with E-state index in [0.717, 1.165) is 28.8 Å². The van der Waals surface area contributed by atoms with E-state index in [0.29, 0.717) is 38.2 Å². The standard InChI is InChI=1S/C36H47N5O4.C8H11N3O3S/c1-36(2,3)39-35(45)31-24-40(22-26-12-9-15-37-21-26)16-17-41(31)23-29(42)19-28(18-25-10-5-4-6-11-25)34(44)38-33-30-14-8-7-13-27(30)20-32(33)43;9-5-1-2-11(8(13)10-5)6-4-15-7(3-12)14-6/h4-15,21,28-29,31-33,42-43H,16-20,22-24H2,1-3H3,(H,38,44)(H,39,45);1-2,6-7,12H,3-4H2,(H2,9,10,13)/t28-,29-,31-,32+,33-;6-,7-/m00/s1. The molecule has 2 aromatic carbocycles. The second-order valence-corrected chi connectivity index (χ2v) is 17.8. The monoisotopic (exact) mass is 842 g/mol. The molecular weight excluding hydrogens is 785 g/mol. The Morgan fingerprint density at radius 3 is 2.48 bits per heavy atom. The molecule has 2 fully saturated rings. The fourth-order valence-corrected chi connectivity index (χ4v) is 8.83. The average molecular weight is 843 g/mol. The highest BCUT2D eigenvalue weighted by Crippen LogP contribution is 2.32. The zero-order chi connectivity index (χ0) is 42.8. The summed E-state index contributed by atoms with van der Waals surface area (Å²) < 4.78 is 6.79. The van der Waals surface area contributed by atoms with Gasteiger partial charge in [-0.25, -0.2) is 4.79 Å². The van der Waals surface area contributed by atoms with E-state index < -0.39 is 41.4 Å². The molecule has 2 saturated heterocycles. The number of fused-ring (bicyclic) bond motifs is 1. The number of amides is 2. The number of aliphatic hydroxyl groups is 3. The molecule has 0 saturated carbocycles. The Balaban J connectivity index is 0.000000336. The minimum absolute atomic E-state index is 0.0572. The van der Waals surface area contributed by atoms with Crippen molar-refractivity contribution in [2.45, 2.75) is 88.1 Å². The van der Waals surface area contributed by atoms with Gasteiger partial charge in [0.2, 0.25) is 11.8 Å². The number of β-amino-alcohol motifs (C(OH)–C–C–N with tert-alkyl or cyclic N) is 1. The number of hydrogen-bond acceptors (Lipinski definition) is 13. The molecular formula is C44H58N8O7S. The number of carbonyl (C=O) groups excluding carboxylic acids is 2. The molecule has 16 heteroatoms. The molecule has 2 aliphatic heterocycles. The first-order valence-electron chi connectivity index (χ1n) is 20.4. The number of aromatic nitrogens is 3. The number of carbonyl (C=O) groups is 2. The lowest BCUT2D eigenvalue weighted by atomic mass is 9.91. The highest BCUT2D eigenvalue weighted by atomic mass is 32.2. The normalized spacial score (nSPS) is 22.9. The van der Waals surface area contributed by atoms with Crippen LogP contribution in [0.2, 0.25) is 0 Å². The van der Waals surface area contributed by atoms with Crippen LogP contribution in [0.1, 0.15) is 61.7 Å². The van der Waals surface area contributed by atoms with E-state index in [9.17, 15) is 24.6 Å². The van der Waals surface area contributed by atoms with Crippen molar-refractivity contribution in [2.75, 3.05) is 44.3 Å². The summed E-state index contributed by atoms with van der Waals surface area (Å²) in [5, 5.41) is 37.4. The minimum atomic E-state index is -0.833. The summed E-state index contributed by atoms with van der Waals surface area (Å²) in [6.45, 7) is 8.69.